The zero-order chi connectivity index (χ0) is 14.4. The maximum atomic E-state index is 6.19. The second-order valence-electron chi connectivity index (χ2n) is 6.21. The van der Waals surface area contributed by atoms with Crippen molar-refractivity contribution in [2.75, 3.05) is 12.0 Å². The summed E-state index contributed by atoms with van der Waals surface area (Å²) in [6.45, 7) is 0. The molecule has 2 unspecified atom stereocenters. The van der Waals surface area contributed by atoms with Crippen molar-refractivity contribution in [3.05, 3.63) is 30.5 Å². The monoisotopic (exact) mass is 283 g/mol. The summed E-state index contributed by atoms with van der Waals surface area (Å²) in [5.41, 5.74) is 6.19. The van der Waals surface area contributed by atoms with Gasteiger partial charge in [0.1, 0.15) is 11.6 Å². The quantitative estimate of drug-likeness (QED) is 0.920. The summed E-state index contributed by atoms with van der Waals surface area (Å²) in [7, 11) is 1.72. The fourth-order valence-corrected chi connectivity index (χ4v) is 4.11. The minimum absolute atomic E-state index is 0.350. The van der Waals surface area contributed by atoms with E-state index in [1.807, 2.05) is 24.4 Å². The molecule has 0 aliphatic carbocycles. The molecule has 2 aliphatic heterocycles. The van der Waals surface area contributed by atoms with Crippen molar-refractivity contribution < 1.29 is 4.74 Å². The maximum absolute atomic E-state index is 6.19. The van der Waals surface area contributed by atoms with Crippen molar-refractivity contribution in [3.8, 4) is 5.75 Å². The van der Waals surface area contributed by atoms with E-state index in [0.717, 1.165) is 29.8 Å². The third-order valence-electron chi connectivity index (χ3n) is 4.98. The van der Waals surface area contributed by atoms with Gasteiger partial charge in [-0.15, -0.1) is 0 Å². The summed E-state index contributed by atoms with van der Waals surface area (Å²) in [5, 5.41) is 2.32. The van der Waals surface area contributed by atoms with Crippen LogP contribution in [0.15, 0.2) is 30.5 Å². The Balaban J connectivity index is 1.84. The highest BCUT2D eigenvalue weighted by Crippen LogP contribution is 2.41. The number of hydrogen-bond donors (Lipinski definition) is 1. The van der Waals surface area contributed by atoms with E-state index in [0.29, 0.717) is 18.1 Å². The van der Waals surface area contributed by atoms with E-state index in [1.54, 1.807) is 7.11 Å². The molecular formula is C17H21N3O. The molecular weight excluding hydrogens is 262 g/mol. The van der Waals surface area contributed by atoms with Crippen LogP contribution in [-0.4, -0.2) is 30.2 Å². The molecule has 0 spiro atoms. The number of rotatable bonds is 2. The Hall–Kier alpha value is -1.81. The number of piperidine rings is 1. The van der Waals surface area contributed by atoms with Gasteiger partial charge in [-0.2, -0.15) is 0 Å². The van der Waals surface area contributed by atoms with Gasteiger partial charge in [-0.05, 0) is 37.8 Å². The molecule has 1 aromatic carbocycles. The summed E-state index contributed by atoms with van der Waals surface area (Å²) in [4.78, 5) is 7.22. The number of benzene rings is 1. The van der Waals surface area contributed by atoms with E-state index in [1.165, 1.54) is 18.2 Å². The third kappa shape index (κ3) is 1.97. The topological polar surface area (TPSA) is 51.4 Å². The second kappa shape index (κ2) is 4.88. The van der Waals surface area contributed by atoms with Crippen LogP contribution in [0.3, 0.4) is 0 Å². The number of methoxy groups -OCH3 is 1. The van der Waals surface area contributed by atoms with Crippen LogP contribution < -0.4 is 15.4 Å². The maximum Gasteiger partial charge on any atom is 0.137 e. The lowest BCUT2D eigenvalue weighted by atomic mass is 9.97. The van der Waals surface area contributed by atoms with Gasteiger partial charge in [0.25, 0.3) is 0 Å². The molecule has 4 rings (SSSR count). The Morgan fingerprint density at radius 2 is 1.90 bits per heavy atom. The average molecular weight is 283 g/mol. The van der Waals surface area contributed by atoms with Crippen LogP contribution in [0.2, 0.25) is 0 Å². The first-order chi connectivity index (χ1) is 10.3. The summed E-state index contributed by atoms with van der Waals surface area (Å²) in [6, 6.07) is 9.68. The van der Waals surface area contributed by atoms with Gasteiger partial charge in [0.15, 0.2) is 0 Å². The summed E-state index contributed by atoms with van der Waals surface area (Å²) < 4.78 is 5.49. The van der Waals surface area contributed by atoms with E-state index in [9.17, 15) is 0 Å². The number of anilines is 1. The predicted octanol–water partition coefficient (Wildman–Crippen LogP) is 2.70. The minimum Gasteiger partial charge on any atom is -0.496 e. The Morgan fingerprint density at radius 1 is 1.14 bits per heavy atom. The van der Waals surface area contributed by atoms with Gasteiger partial charge in [0, 0.05) is 35.1 Å². The summed E-state index contributed by atoms with van der Waals surface area (Å²) in [6.07, 6.45) is 6.53. The molecule has 2 bridgehead atoms. The molecule has 2 aliphatic rings. The highest BCUT2D eigenvalue weighted by Gasteiger charge is 2.40. The Morgan fingerprint density at radius 3 is 2.62 bits per heavy atom. The lowest BCUT2D eigenvalue weighted by Gasteiger charge is -2.39. The normalized spacial score (nSPS) is 28.1. The van der Waals surface area contributed by atoms with Gasteiger partial charge < -0.3 is 15.4 Å². The Labute approximate surface area is 124 Å². The van der Waals surface area contributed by atoms with Crippen LogP contribution in [0.25, 0.3) is 10.8 Å². The molecule has 0 amide bonds. The number of hydrogen-bond acceptors (Lipinski definition) is 4. The van der Waals surface area contributed by atoms with Crippen molar-refractivity contribution in [2.45, 2.75) is 43.8 Å². The van der Waals surface area contributed by atoms with Crippen LogP contribution in [-0.2, 0) is 0 Å². The molecule has 4 heteroatoms. The van der Waals surface area contributed by atoms with Gasteiger partial charge >= 0.3 is 0 Å². The Kier molecular flexibility index (Phi) is 3.00. The standard InChI is InChI=1S/C17H21N3O/c1-21-16-4-2-3-15-14(16)7-8-19-17(15)20-12-5-6-13(20)10-11(18)9-12/h2-4,7-8,11-13H,5-6,9-10,18H2,1H3. The van der Waals surface area contributed by atoms with E-state index in [2.05, 4.69) is 11.0 Å². The minimum atomic E-state index is 0.350. The smallest absolute Gasteiger partial charge is 0.137 e. The molecule has 4 nitrogen and oxygen atoms in total. The van der Waals surface area contributed by atoms with E-state index in [4.69, 9.17) is 15.5 Å². The first-order valence-electron chi connectivity index (χ1n) is 7.73. The number of pyridine rings is 1. The van der Waals surface area contributed by atoms with E-state index >= 15 is 0 Å². The van der Waals surface area contributed by atoms with Gasteiger partial charge in [-0.1, -0.05) is 12.1 Å². The first kappa shape index (κ1) is 12.9. The molecule has 2 N–H and O–H groups in total. The van der Waals surface area contributed by atoms with Crippen LogP contribution in [0.1, 0.15) is 25.7 Å². The van der Waals surface area contributed by atoms with Crippen LogP contribution in [0.4, 0.5) is 5.82 Å². The van der Waals surface area contributed by atoms with E-state index < -0.39 is 0 Å². The SMILES string of the molecule is COc1cccc2c(N3C4CCC3CC(N)C4)nccc12. The molecule has 3 heterocycles. The van der Waals surface area contributed by atoms with E-state index in [-0.39, 0.29) is 0 Å². The van der Waals surface area contributed by atoms with Gasteiger partial charge in [0.2, 0.25) is 0 Å². The first-order valence-corrected chi connectivity index (χ1v) is 7.73. The van der Waals surface area contributed by atoms with Crippen molar-refractivity contribution in [3.63, 3.8) is 0 Å². The fourth-order valence-electron chi connectivity index (χ4n) is 4.11. The zero-order valence-corrected chi connectivity index (χ0v) is 12.3. The molecule has 1 aromatic heterocycles. The van der Waals surface area contributed by atoms with Crippen molar-refractivity contribution in [1.82, 2.24) is 4.98 Å². The number of aromatic nitrogens is 1. The molecule has 2 fully saturated rings. The zero-order valence-electron chi connectivity index (χ0n) is 12.3. The Bertz CT molecular complexity index is 658. The molecule has 2 atom stereocenters. The number of nitrogens with zero attached hydrogens (tertiary/aromatic N) is 2. The summed E-state index contributed by atoms with van der Waals surface area (Å²) >= 11 is 0. The lowest BCUT2D eigenvalue weighted by Crippen LogP contribution is -2.47. The highest BCUT2D eigenvalue weighted by molar-refractivity contribution is 5.96. The number of ether oxygens (including phenoxy) is 1. The fraction of sp³-hybridized carbons (Fsp3) is 0.471. The molecule has 2 aromatic rings. The second-order valence-corrected chi connectivity index (χ2v) is 6.21. The molecule has 2 saturated heterocycles. The number of nitrogens with two attached hydrogens (primary N) is 1. The van der Waals surface area contributed by atoms with Crippen LogP contribution in [0.5, 0.6) is 5.75 Å². The summed E-state index contributed by atoms with van der Waals surface area (Å²) in [5.74, 6) is 2.02. The van der Waals surface area contributed by atoms with Crippen LogP contribution in [0, 0.1) is 0 Å². The van der Waals surface area contributed by atoms with Crippen molar-refractivity contribution in [2.24, 2.45) is 5.73 Å². The number of fused-ring (bicyclic) bond motifs is 3. The lowest BCUT2D eigenvalue weighted by molar-refractivity contribution is 0.412. The van der Waals surface area contributed by atoms with Crippen LogP contribution >= 0.6 is 0 Å². The predicted molar refractivity (Wildman–Crippen MR) is 84.8 cm³/mol. The largest absolute Gasteiger partial charge is 0.496 e. The molecule has 0 radical (unpaired) electrons. The molecule has 110 valence electrons. The molecule has 21 heavy (non-hydrogen) atoms. The highest BCUT2D eigenvalue weighted by atomic mass is 16.5. The van der Waals surface area contributed by atoms with Gasteiger partial charge in [-0.25, -0.2) is 4.98 Å². The van der Waals surface area contributed by atoms with Gasteiger partial charge in [0.05, 0.1) is 7.11 Å². The third-order valence-corrected chi connectivity index (χ3v) is 4.98. The average Bonchev–Trinajstić information content (AvgIpc) is 2.77. The molecule has 0 saturated carbocycles. The van der Waals surface area contributed by atoms with Crippen molar-refractivity contribution >= 4 is 16.6 Å². The van der Waals surface area contributed by atoms with Gasteiger partial charge in [-0.3, -0.25) is 0 Å². The van der Waals surface area contributed by atoms with Crippen molar-refractivity contribution in [1.29, 1.82) is 0 Å².